The lowest BCUT2D eigenvalue weighted by atomic mass is 9.95. The Hall–Kier alpha value is -1.72. The van der Waals surface area contributed by atoms with E-state index in [0.717, 1.165) is 29.9 Å². The largest absolute Gasteiger partial charge is 0.373 e. The monoisotopic (exact) mass is 270 g/mol. The van der Waals surface area contributed by atoms with Crippen molar-refractivity contribution in [2.45, 2.75) is 44.1 Å². The Labute approximate surface area is 117 Å². The van der Waals surface area contributed by atoms with Gasteiger partial charge in [0.1, 0.15) is 11.4 Å². The molecule has 2 aliphatic heterocycles. The molecular weight excluding hydrogens is 252 g/mol. The maximum absolute atomic E-state index is 5.86. The van der Waals surface area contributed by atoms with Gasteiger partial charge in [0.25, 0.3) is 0 Å². The smallest absolute Gasteiger partial charge is 0.117 e. The molecule has 2 N–H and O–H groups in total. The second-order valence-electron chi connectivity index (χ2n) is 5.58. The van der Waals surface area contributed by atoms with Gasteiger partial charge in [0.2, 0.25) is 0 Å². The molecule has 3 heterocycles. The average molecular weight is 270 g/mol. The van der Waals surface area contributed by atoms with E-state index in [2.05, 4.69) is 32.9 Å². The maximum Gasteiger partial charge on any atom is 0.117 e. The van der Waals surface area contributed by atoms with Gasteiger partial charge >= 0.3 is 0 Å². The second kappa shape index (κ2) is 5.00. The lowest BCUT2D eigenvalue weighted by molar-refractivity contribution is 0.0972. The molecule has 3 unspecified atom stereocenters. The highest BCUT2D eigenvalue weighted by molar-refractivity contribution is 5.60. The maximum atomic E-state index is 5.86. The summed E-state index contributed by atoms with van der Waals surface area (Å²) in [7, 11) is 0. The van der Waals surface area contributed by atoms with Crippen molar-refractivity contribution in [1.82, 2.24) is 20.7 Å². The molecule has 0 saturated carbocycles. The fourth-order valence-electron chi connectivity index (χ4n) is 3.28. The summed E-state index contributed by atoms with van der Waals surface area (Å²) in [6.45, 7) is 0.734. The van der Waals surface area contributed by atoms with E-state index < -0.39 is 0 Å². The highest BCUT2D eigenvalue weighted by atomic mass is 16.5. The Balaban J connectivity index is 1.46. The van der Waals surface area contributed by atoms with Gasteiger partial charge in [-0.05, 0) is 19.3 Å². The first-order valence-electron chi connectivity index (χ1n) is 7.24. The lowest BCUT2D eigenvalue weighted by Gasteiger charge is -2.19. The summed E-state index contributed by atoms with van der Waals surface area (Å²) < 4.78 is 5.86. The van der Waals surface area contributed by atoms with Crippen LogP contribution in [0.1, 0.15) is 25.0 Å². The molecule has 1 aromatic heterocycles. The quantitative estimate of drug-likeness (QED) is 0.890. The number of nitrogens with zero attached hydrogens (tertiary/aromatic N) is 2. The predicted molar refractivity (Wildman–Crippen MR) is 75.0 cm³/mol. The van der Waals surface area contributed by atoms with Crippen LogP contribution in [0.3, 0.4) is 0 Å². The van der Waals surface area contributed by atoms with Gasteiger partial charge < -0.3 is 10.1 Å². The number of rotatable bonds is 4. The Kier molecular flexibility index (Phi) is 3.01. The van der Waals surface area contributed by atoms with Crippen LogP contribution in [0.15, 0.2) is 30.3 Å². The normalized spacial score (nSPS) is 28.1. The molecule has 20 heavy (non-hydrogen) atoms. The number of aromatic amines is 1. The van der Waals surface area contributed by atoms with Gasteiger partial charge in [-0.25, -0.2) is 0 Å². The number of benzene rings is 1. The van der Waals surface area contributed by atoms with Crippen LogP contribution in [0.4, 0.5) is 0 Å². The Morgan fingerprint density at radius 2 is 2.10 bits per heavy atom. The molecule has 0 radical (unpaired) electrons. The molecule has 5 nitrogen and oxygen atoms in total. The summed E-state index contributed by atoms with van der Waals surface area (Å²) in [4.78, 5) is 0. The van der Waals surface area contributed by atoms with E-state index in [4.69, 9.17) is 4.74 Å². The van der Waals surface area contributed by atoms with Crippen LogP contribution in [-0.4, -0.2) is 33.7 Å². The molecule has 4 rings (SSSR count). The van der Waals surface area contributed by atoms with Crippen LogP contribution < -0.4 is 5.32 Å². The van der Waals surface area contributed by atoms with Gasteiger partial charge in [0.15, 0.2) is 0 Å². The number of aromatic nitrogens is 3. The third-order valence-corrected chi connectivity index (χ3v) is 4.31. The molecule has 2 saturated heterocycles. The van der Waals surface area contributed by atoms with Crippen molar-refractivity contribution in [1.29, 1.82) is 0 Å². The zero-order valence-corrected chi connectivity index (χ0v) is 11.2. The van der Waals surface area contributed by atoms with Crippen molar-refractivity contribution < 1.29 is 4.74 Å². The third kappa shape index (κ3) is 2.13. The van der Waals surface area contributed by atoms with E-state index in [1.807, 2.05) is 18.2 Å². The number of hydrogen-bond acceptors (Lipinski definition) is 4. The molecule has 2 aromatic rings. The van der Waals surface area contributed by atoms with Crippen LogP contribution in [-0.2, 0) is 11.3 Å². The first-order valence-corrected chi connectivity index (χ1v) is 7.24. The number of fused-ring (bicyclic) bond motifs is 2. The summed E-state index contributed by atoms with van der Waals surface area (Å²) >= 11 is 0. The Bertz CT molecular complexity index is 583. The summed E-state index contributed by atoms with van der Waals surface area (Å²) in [5.74, 6) is 0. The first-order chi connectivity index (χ1) is 9.90. The lowest BCUT2D eigenvalue weighted by Crippen LogP contribution is -2.37. The number of nitrogens with one attached hydrogen (secondary N) is 2. The summed E-state index contributed by atoms with van der Waals surface area (Å²) in [5, 5.41) is 14.9. The summed E-state index contributed by atoms with van der Waals surface area (Å²) in [6.07, 6.45) is 4.41. The molecule has 5 heteroatoms. The minimum atomic E-state index is 0.395. The van der Waals surface area contributed by atoms with E-state index in [-0.39, 0.29) is 0 Å². The van der Waals surface area contributed by atoms with Crippen molar-refractivity contribution in [2.75, 3.05) is 0 Å². The molecule has 1 aromatic carbocycles. The molecule has 2 fully saturated rings. The van der Waals surface area contributed by atoms with E-state index in [1.54, 1.807) is 0 Å². The van der Waals surface area contributed by atoms with Crippen molar-refractivity contribution in [2.24, 2.45) is 0 Å². The third-order valence-electron chi connectivity index (χ3n) is 4.31. The fourth-order valence-corrected chi connectivity index (χ4v) is 3.28. The van der Waals surface area contributed by atoms with E-state index in [1.165, 1.54) is 12.8 Å². The predicted octanol–water partition coefficient (Wildman–Crippen LogP) is 1.88. The van der Waals surface area contributed by atoms with Gasteiger partial charge in [-0.1, -0.05) is 30.3 Å². The van der Waals surface area contributed by atoms with E-state index >= 15 is 0 Å². The Morgan fingerprint density at radius 1 is 1.20 bits per heavy atom. The van der Waals surface area contributed by atoms with Crippen molar-refractivity contribution in [3.8, 4) is 11.3 Å². The van der Waals surface area contributed by atoms with Crippen molar-refractivity contribution in [3.05, 3.63) is 36.0 Å². The van der Waals surface area contributed by atoms with Crippen LogP contribution in [0, 0.1) is 0 Å². The topological polar surface area (TPSA) is 62.8 Å². The summed E-state index contributed by atoms with van der Waals surface area (Å²) in [5.41, 5.74) is 3.00. The Morgan fingerprint density at radius 3 is 2.85 bits per heavy atom. The van der Waals surface area contributed by atoms with Gasteiger partial charge in [0.05, 0.1) is 12.2 Å². The van der Waals surface area contributed by atoms with Crippen LogP contribution in [0.5, 0.6) is 0 Å². The molecule has 0 amide bonds. The summed E-state index contributed by atoms with van der Waals surface area (Å²) in [6, 6.07) is 10.6. The molecular formula is C15H18N4O. The molecule has 104 valence electrons. The van der Waals surface area contributed by atoms with Crippen molar-refractivity contribution in [3.63, 3.8) is 0 Å². The number of hydrogen-bond donors (Lipinski definition) is 2. The average Bonchev–Trinajstić information content (AvgIpc) is 3.22. The van der Waals surface area contributed by atoms with E-state index in [9.17, 15) is 0 Å². The molecule has 0 spiro atoms. The minimum absolute atomic E-state index is 0.395. The van der Waals surface area contributed by atoms with Gasteiger partial charge in [-0.15, -0.1) is 0 Å². The highest BCUT2D eigenvalue weighted by Crippen LogP contribution is 2.34. The van der Waals surface area contributed by atoms with Crippen LogP contribution in [0.25, 0.3) is 11.3 Å². The van der Waals surface area contributed by atoms with Crippen LogP contribution in [0.2, 0.25) is 0 Å². The molecule has 2 aliphatic rings. The van der Waals surface area contributed by atoms with Gasteiger partial charge in [-0.2, -0.15) is 15.4 Å². The van der Waals surface area contributed by atoms with Crippen molar-refractivity contribution >= 4 is 0 Å². The standard InChI is InChI=1S/C15H18N4O/c1-2-4-10(5-3-1)15-13(17-19-18-15)9-16-12-8-11-6-7-14(12)20-11/h1-5,11-12,14,16H,6-9H2,(H,17,18,19). The minimum Gasteiger partial charge on any atom is -0.373 e. The fraction of sp³-hybridized carbons (Fsp3) is 0.467. The van der Waals surface area contributed by atoms with Gasteiger partial charge in [0, 0.05) is 18.2 Å². The molecule has 3 atom stereocenters. The SMILES string of the molecule is c1ccc(-c2n[nH]nc2CNC2CC3CCC2O3)cc1. The molecule has 2 bridgehead atoms. The second-order valence-corrected chi connectivity index (χ2v) is 5.58. The van der Waals surface area contributed by atoms with E-state index in [0.29, 0.717) is 18.2 Å². The van der Waals surface area contributed by atoms with Gasteiger partial charge in [-0.3, -0.25) is 0 Å². The zero-order chi connectivity index (χ0) is 13.4. The highest BCUT2D eigenvalue weighted by Gasteiger charge is 2.40. The van der Waals surface area contributed by atoms with Crippen LogP contribution >= 0.6 is 0 Å². The number of H-pyrrole nitrogens is 1. The first kappa shape index (κ1) is 12.1. The zero-order valence-electron chi connectivity index (χ0n) is 11.2. The molecule has 0 aliphatic carbocycles. The number of ether oxygens (including phenoxy) is 1.